The zero-order valence-corrected chi connectivity index (χ0v) is 14.6. The van der Waals surface area contributed by atoms with Gasteiger partial charge in [0, 0.05) is 12.2 Å². The number of rotatable bonds is 5. The van der Waals surface area contributed by atoms with Crippen LogP contribution < -0.4 is 5.32 Å². The van der Waals surface area contributed by atoms with Crippen molar-refractivity contribution in [1.82, 2.24) is 15.3 Å². The maximum atomic E-state index is 12.9. The third kappa shape index (κ3) is 2.63. The SMILES string of the molecule is CCCCc1nc(C)ncc1C(=O)N[C@@H]1[C@@H]2CC3C[C@@](O)(C2)C[C@H]31. The van der Waals surface area contributed by atoms with E-state index in [1.165, 1.54) is 0 Å². The molecule has 0 radical (unpaired) electrons. The fourth-order valence-corrected chi connectivity index (χ4v) is 5.45. The lowest BCUT2D eigenvalue weighted by atomic mass is 9.76. The molecule has 5 rings (SSSR count). The number of aromatic nitrogens is 2. The molecule has 1 amide bonds. The van der Waals surface area contributed by atoms with Crippen molar-refractivity contribution in [1.29, 1.82) is 0 Å². The van der Waals surface area contributed by atoms with Gasteiger partial charge in [0.25, 0.3) is 5.91 Å². The Balaban J connectivity index is 1.51. The minimum Gasteiger partial charge on any atom is -0.390 e. The van der Waals surface area contributed by atoms with Crippen molar-refractivity contribution < 1.29 is 9.90 Å². The predicted molar refractivity (Wildman–Crippen MR) is 90.5 cm³/mol. The van der Waals surface area contributed by atoms with E-state index in [4.69, 9.17) is 0 Å². The van der Waals surface area contributed by atoms with E-state index in [9.17, 15) is 9.90 Å². The average Bonchev–Trinajstić information content (AvgIpc) is 2.91. The van der Waals surface area contributed by atoms with E-state index in [0.29, 0.717) is 23.3 Å². The molecule has 0 aliphatic heterocycles. The van der Waals surface area contributed by atoms with Crippen molar-refractivity contribution in [2.45, 2.75) is 70.4 Å². The molecule has 2 N–H and O–H groups in total. The Morgan fingerprint density at radius 2 is 2.17 bits per heavy atom. The van der Waals surface area contributed by atoms with Crippen LogP contribution in [0, 0.1) is 24.7 Å². The van der Waals surface area contributed by atoms with Gasteiger partial charge in [-0.15, -0.1) is 0 Å². The van der Waals surface area contributed by atoms with Crippen LogP contribution >= 0.6 is 0 Å². The van der Waals surface area contributed by atoms with Crippen molar-refractivity contribution in [3.63, 3.8) is 0 Å². The zero-order chi connectivity index (χ0) is 16.9. The van der Waals surface area contributed by atoms with Crippen molar-refractivity contribution >= 4 is 5.91 Å². The Labute approximate surface area is 143 Å². The van der Waals surface area contributed by atoms with E-state index in [1.54, 1.807) is 6.20 Å². The van der Waals surface area contributed by atoms with E-state index in [-0.39, 0.29) is 11.9 Å². The molecule has 0 aromatic carbocycles. The van der Waals surface area contributed by atoms with Crippen molar-refractivity contribution in [2.24, 2.45) is 17.8 Å². The summed E-state index contributed by atoms with van der Waals surface area (Å²) in [5.74, 6) is 2.16. The van der Waals surface area contributed by atoms with E-state index in [1.807, 2.05) is 6.92 Å². The van der Waals surface area contributed by atoms with Crippen LogP contribution in [0.1, 0.15) is 67.3 Å². The number of hydrogen-bond acceptors (Lipinski definition) is 4. The van der Waals surface area contributed by atoms with Gasteiger partial charge in [0.05, 0.1) is 16.9 Å². The molecule has 130 valence electrons. The molecule has 0 spiro atoms. The molecule has 5 heteroatoms. The Hall–Kier alpha value is -1.49. The van der Waals surface area contributed by atoms with Crippen LogP contribution in [-0.4, -0.2) is 32.6 Å². The molecule has 4 saturated carbocycles. The van der Waals surface area contributed by atoms with Gasteiger partial charge in [-0.2, -0.15) is 0 Å². The minimum absolute atomic E-state index is 0.0332. The Morgan fingerprint density at radius 1 is 1.38 bits per heavy atom. The molecule has 5 atom stereocenters. The van der Waals surface area contributed by atoms with Crippen molar-refractivity contribution in [2.75, 3.05) is 0 Å². The molecule has 4 bridgehead atoms. The second-order valence-electron chi connectivity index (χ2n) is 8.14. The molecule has 1 heterocycles. The first-order valence-corrected chi connectivity index (χ1v) is 9.35. The molecule has 24 heavy (non-hydrogen) atoms. The monoisotopic (exact) mass is 329 g/mol. The van der Waals surface area contributed by atoms with E-state index < -0.39 is 5.60 Å². The predicted octanol–water partition coefficient (Wildman–Crippen LogP) is 2.41. The van der Waals surface area contributed by atoms with E-state index >= 15 is 0 Å². The largest absolute Gasteiger partial charge is 0.390 e. The fourth-order valence-electron chi connectivity index (χ4n) is 5.45. The standard InChI is InChI=1S/C19H27N3O2/c1-3-4-5-16-15(10-20-11(2)21-16)18(23)22-17-13-6-12-7-19(24,8-13)9-14(12)17/h10,12-14,17,24H,3-9H2,1-2H3,(H,22,23)/t12?,13-,14-,17-,19-/m1/s1. The topological polar surface area (TPSA) is 75.1 Å². The van der Waals surface area contributed by atoms with Crippen LogP contribution in [0.3, 0.4) is 0 Å². The second kappa shape index (κ2) is 5.80. The summed E-state index contributed by atoms with van der Waals surface area (Å²) in [5, 5.41) is 13.8. The second-order valence-corrected chi connectivity index (χ2v) is 8.14. The number of aliphatic hydroxyl groups is 1. The summed E-state index contributed by atoms with van der Waals surface area (Å²) < 4.78 is 0. The van der Waals surface area contributed by atoms with Gasteiger partial charge in [0.15, 0.2) is 0 Å². The van der Waals surface area contributed by atoms with Gasteiger partial charge >= 0.3 is 0 Å². The highest BCUT2D eigenvalue weighted by atomic mass is 16.3. The summed E-state index contributed by atoms with van der Waals surface area (Å²) >= 11 is 0. The van der Waals surface area contributed by atoms with Gasteiger partial charge in [-0.05, 0) is 63.2 Å². The van der Waals surface area contributed by atoms with E-state index in [2.05, 4.69) is 22.2 Å². The lowest BCUT2D eigenvalue weighted by Gasteiger charge is -2.38. The van der Waals surface area contributed by atoms with Gasteiger partial charge in [0.2, 0.25) is 0 Å². The molecule has 1 unspecified atom stereocenters. The summed E-state index contributed by atoms with van der Waals surface area (Å²) in [6.45, 7) is 4.01. The highest BCUT2D eigenvalue weighted by Crippen LogP contribution is 2.59. The summed E-state index contributed by atoms with van der Waals surface area (Å²) in [6.07, 6.45) is 8.40. The smallest absolute Gasteiger partial charge is 0.254 e. The normalized spacial score (nSPS) is 36.3. The lowest BCUT2D eigenvalue weighted by Crippen LogP contribution is -2.48. The number of amides is 1. The number of hydrogen-bond donors (Lipinski definition) is 2. The first kappa shape index (κ1) is 16.0. The molecule has 0 saturated heterocycles. The van der Waals surface area contributed by atoms with Crippen LogP contribution in [0.2, 0.25) is 0 Å². The summed E-state index contributed by atoms with van der Waals surface area (Å²) in [7, 11) is 0. The average molecular weight is 329 g/mol. The molecular formula is C19H27N3O2. The summed E-state index contributed by atoms with van der Waals surface area (Å²) in [6, 6.07) is 0.214. The first-order valence-electron chi connectivity index (χ1n) is 9.35. The fraction of sp³-hybridized carbons (Fsp3) is 0.737. The van der Waals surface area contributed by atoms with Crippen LogP contribution in [0.15, 0.2) is 6.20 Å². The molecule has 4 aliphatic rings. The van der Waals surface area contributed by atoms with Crippen LogP contribution in [0.5, 0.6) is 0 Å². The van der Waals surface area contributed by atoms with Gasteiger partial charge in [-0.25, -0.2) is 9.97 Å². The van der Waals surface area contributed by atoms with Crippen LogP contribution in [0.4, 0.5) is 0 Å². The molecule has 5 nitrogen and oxygen atoms in total. The molecule has 1 aromatic rings. The molecule has 4 aliphatic carbocycles. The number of carbonyl (C=O) groups is 1. The van der Waals surface area contributed by atoms with Crippen LogP contribution in [0.25, 0.3) is 0 Å². The molecule has 1 aromatic heterocycles. The number of aryl methyl sites for hydroxylation is 2. The third-order valence-corrected chi connectivity index (χ3v) is 6.38. The van der Waals surface area contributed by atoms with Gasteiger partial charge < -0.3 is 10.4 Å². The number of unbranched alkanes of at least 4 members (excludes halogenated alkanes) is 1. The molecule has 4 fully saturated rings. The third-order valence-electron chi connectivity index (χ3n) is 6.38. The highest BCUT2D eigenvalue weighted by Gasteiger charge is 2.60. The van der Waals surface area contributed by atoms with Gasteiger partial charge in [-0.1, -0.05) is 13.3 Å². The molecular weight excluding hydrogens is 302 g/mol. The number of nitrogens with zero attached hydrogens (tertiary/aromatic N) is 2. The van der Waals surface area contributed by atoms with Gasteiger partial charge in [-0.3, -0.25) is 4.79 Å². The highest BCUT2D eigenvalue weighted by molar-refractivity contribution is 5.95. The van der Waals surface area contributed by atoms with Crippen molar-refractivity contribution in [3.05, 3.63) is 23.3 Å². The summed E-state index contributed by atoms with van der Waals surface area (Å²) in [4.78, 5) is 21.6. The Morgan fingerprint density at radius 3 is 2.92 bits per heavy atom. The number of carbonyl (C=O) groups excluding carboxylic acids is 1. The minimum atomic E-state index is -0.446. The lowest BCUT2D eigenvalue weighted by molar-refractivity contribution is -0.0192. The summed E-state index contributed by atoms with van der Waals surface area (Å²) in [5.41, 5.74) is 1.05. The van der Waals surface area contributed by atoms with Gasteiger partial charge in [0.1, 0.15) is 5.82 Å². The first-order chi connectivity index (χ1) is 11.5. The maximum Gasteiger partial charge on any atom is 0.254 e. The van der Waals surface area contributed by atoms with Crippen molar-refractivity contribution in [3.8, 4) is 0 Å². The number of nitrogens with one attached hydrogen (secondary N) is 1. The Kier molecular flexibility index (Phi) is 3.87. The zero-order valence-electron chi connectivity index (χ0n) is 14.6. The van der Waals surface area contributed by atoms with E-state index in [0.717, 1.165) is 56.5 Å². The Bertz CT molecular complexity index is 658. The maximum absolute atomic E-state index is 12.9. The van der Waals surface area contributed by atoms with Crippen LogP contribution in [-0.2, 0) is 6.42 Å². The quantitative estimate of drug-likeness (QED) is 0.870.